The summed E-state index contributed by atoms with van der Waals surface area (Å²) in [6.07, 6.45) is 5.29. The van der Waals surface area contributed by atoms with Crippen LogP contribution in [0.2, 0.25) is 0 Å². The van der Waals surface area contributed by atoms with Crippen molar-refractivity contribution in [3.8, 4) is 0 Å². The third kappa shape index (κ3) is 5.42. The lowest BCUT2D eigenvalue weighted by Gasteiger charge is -2.23. The largest absolute Gasteiger partial charge is 0.368 e. The Morgan fingerprint density at radius 1 is 0.939 bits per heavy atom. The van der Waals surface area contributed by atoms with Gasteiger partial charge in [-0.1, -0.05) is 18.2 Å². The number of hydrogen-bond donors (Lipinski definition) is 2. The predicted molar refractivity (Wildman–Crippen MR) is 124 cm³/mol. The van der Waals surface area contributed by atoms with Crippen LogP contribution in [0, 0.1) is 0 Å². The zero-order valence-electron chi connectivity index (χ0n) is 18.6. The second kappa shape index (κ2) is 9.35. The highest BCUT2D eigenvalue weighted by atomic mass is 16.5. The number of carbonyl (C=O) groups is 3. The molecule has 7 nitrogen and oxygen atoms in total. The highest BCUT2D eigenvalue weighted by molar-refractivity contribution is 5.98. The number of amides is 3. The molecule has 0 spiro atoms. The van der Waals surface area contributed by atoms with Gasteiger partial charge in [0.25, 0.3) is 17.7 Å². The molecule has 2 saturated carbocycles. The Morgan fingerprint density at radius 3 is 2.39 bits per heavy atom. The molecule has 172 valence electrons. The molecule has 2 aromatic carbocycles. The van der Waals surface area contributed by atoms with Crippen molar-refractivity contribution in [1.29, 1.82) is 0 Å². The van der Waals surface area contributed by atoms with Crippen molar-refractivity contribution in [3.63, 3.8) is 0 Å². The van der Waals surface area contributed by atoms with Gasteiger partial charge in [-0.3, -0.25) is 14.4 Å². The summed E-state index contributed by atoms with van der Waals surface area (Å²) in [6.45, 7) is 1.10. The standard InChI is InChI=1S/C26H29N3O4/c30-24(27-20-10-11-20)18-8-6-17(7-9-18)16-29(22-12-13-22)26(32)19-3-1-4-21(15-19)28-25(31)23-5-2-14-33-23/h1,3-4,6-9,15,20,22-23H,2,5,10-14,16H2,(H,27,30)(H,28,31)/t23-/m1/s1. The van der Waals surface area contributed by atoms with Crippen molar-refractivity contribution in [2.75, 3.05) is 11.9 Å². The molecule has 1 aliphatic heterocycles. The third-order valence-electron chi connectivity index (χ3n) is 6.33. The quantitative estimate of drug-likeness (QED) is 0.648. The van der Waals surface area contributed by atoms with Crippen LogP contribution in [0.5, 0.6) is 0 Å². The highest BCUT2D eigenvalue weighted by Gasteiger charge is 2.33. The Labute approximate surface area is 193 Å². The summed E-state index contributed by atoms with van der Waals surface area (Å²) in [5, 5.41) is 5.87. The number of benzene rings is 2. The molecule has 1 atom stereocenters. The molecule has 0 radical (unpaired) electrons. The number of ether oxygens (including phenoxy) is 1. The minimum Gasteiger partial charge on any atom is -0.368 e. The number of nitrogens with one attached hydrogen (secondary N) is 2. The normalized spacial score (nSPS) is 19.7. The Balaban J connectivity index is 1.25. The van der Waals surface area contributed by atoms with E-state index in [4.69, 9.17) is 4.74 Å². The van der Waals surface area contributed by atoms with E-state index in [-0.39, 0.29) is 23.8 Å². The lowest BCUT2D eigenvalue weighted by Crippen LogP contribution is -2.33. The molecule has 0 aromatic heterocycles. The zero-order valence-corrected chi connectivity index (χ0v) is 18.6. The van der Waals surface area contributed by atoms with E-state index in [0.29, 0.717) is 36.0 Å². The molecular weight excluding hydrogens is 418 g/mol. The number of hydrogen-bond acceptors (Lipinski definition) is 4. The maximum absolute atomic E-state index is 13.4. The number of anilines is 1. The summed E-state index contributed by atoms with van der Waals surface area (Å²) in [6, 6.07) is 15.1. The van der Waals surface area contributed by atoms with Crippen molar-refractivity contribution in [2.24, 2.45) is 0 Å². The summed E-state index contributed by atoms with van der Waals surface area (Å²) < 4.78 is 5.44. The Bertz CT molecular complexity index is 1040. The van der Waals surface area contributed by atoms with E-state index in [9.17, 15) is 14.4 Å². The Morgan fingerprint density at radius 2 is 1.73 bits per heavy atom. The van der Waals surface area contributed by atoms with Crippen molar-refractivity contribution in [2.45, 2.75) is 63.3 Å². The first kappa shape index (κ1) is 21.6. The van der Waals surface area contributed by atoms with E-state index in [0.717, 1.165) is 44.1 Å². The summed E-state index contributed by atoms with van der Waals surface area (Å²) in [5.74, 6) is -0.260. The topological polar surface area (TPSA) is 87.7 Å². The van der Waals surface area contributed by atoms with Gasteiger partial charge in [0.05, 0.1) is 0 Å². The SMILES string of the molecule is O=C(NC1CC1)c1ccc(CN(C(=O)c2cccc(NC(=O)[C@H]3CCCO3)c2)C2CC2)cc1. The number of nitrogens with zero attached hydrogens (tertiary/aromatic N) is 1. The van der Waals surface area contributed by atoms with E-state index in [2.05, 4.69) is 10.6 Å². The Kier molecular flexibility index (Phi) is 6.13. The van der Waals surface area contributed by atoms with Crippen molar-refractivity contribution >= 4 is 23.4 Å². The monoisotopic (exact) mass is 447 g/mol. The molecule has 1 saturated heterocycles. The van der Waals surface area contributed by atoms with Gasteiger partial charge in [-0.25, -0.2) is 0 Å². The van der Waals surface area contributed by atoms with E-state index in [1.165, 1.54) is 0 Å². The second-order valence-electron chi connectivity index (χ2n) is 9.18. The fraction of sp³-hybridized carbons (Fsp3) is 0.423. The van der Waals surface area contributed by atoms with Crippen LogP contribution in [0.4, 0.5) is 5.69 Å². The van der Waals surface area contributed by atoms with Gasteiger partial charge in [0.2, 0.25) is 0 Å². The lowest BCUT2D eigenvalue weighted by atomic mass is 10.1. The summed E-state index contributed by atoms with van der Waals surface area (Å²) in [7, 11) is 0. The van der Waals surface area contributed by atoms with Gasteiger partial charge in [-0.2, -0.15) is 0 Å². The van der Waals surface area contributed by atoms with Gasteiger partial charge in [0.1, 0.15) is 6.10 Å². The first-order valence-electron chi connectivity index (χ1n) is 11.8. The predicted octanol–water partition coefficient (Wildman–Crippen LogP) is 3.50. The molecule has 2 N–H and O–H groups in total. The van der Waals surface area contributed by atoms with Gasteiger partial charge in [-0.15, -0.1) is 0 Å². The summed E-state index contributed by atoms with van der Waals surface area (Å²) >= 11 is 0. The smallest absolute Gasteiger partial charge is 0.254 e. The molecule has 0 bridgehead atoms. The van der Waals surface area contributed by atoms with Gasteiger partial charge < -0.3 is 20.3 Å². The molecule has 1 heterocycles. The maximum atomic E-state index is 13.4. The van der Waals surface area contributed by atoms with Crippen LogP contribution < -0.4 is 10.6 Å². The van der Waals surface area contributed by atoms with Gasteiger partial charge in [0, 0.05) is 42.0 Å². The van der Waals surface area contributed by atoms with Crippen LogP contribution in [0.3, 0.4) is 0 Å². The van der Waals surface area contributed by atoms with Crippen LogP contribution in [-0.4, -0.2) is 47.4 Å². The third-order valence-corrected chi connectivity index (χ3v) is 6.33. The van der Waals surface area contributed by atoms with E-state index < -0.39 is 6.10 Å². The minimum absolute atomic E-state index is 0.0407. The van der Waals surface area contributed by atoms with Crippen LogP contribution in [0.1, 0.15) is 64.8 Å². The first-order chi connectivity index (χ1) is 16.1. The fourth-order valence-corrected chi connectivity index (χ4v) is 4.11. The van der Waals surface area contributed by atoms with Crippen molar-refractivity contribution in [3.05, 3.63) is 65.2 Å². The molecule has 7 heteroatoms. The van der Waals surface area contributed by atoms with Crippen LogP contribution in [0.15, 0.2) is 48.5 Å². The Hall–Kier alpha value is -3.19. The average molecular weight is 448 g/mol. The molecule has 3 aliphatic rings. The highest BCUT2D eigenvalue weighted by Crippen LogP contribution is 2.30. The molecule has 0 unspecified atom stereocenters. The van der Waals surface area contributed by atoms with Crippen LogP contribution in [0.25, 0.3) is 0 Å². The van der Waals surface area contributed by atoms with Crippen LogP contribution >= 0.6 is 0 Å². The molecule has 2 aromatic rings. The summed E-state index contributed by atoms with van der Waals surface area (Å²) in [4.78, 5) is 39.8. The zero-order chi connectivity index (χ0) is 22.8. The van der Waals surface area contributed by atoms with Crippen molar-refractivity contribution in [1.82, 2.24) is 10.2 Å². The van der Waals surface area contributed by atoms with Crippen LogP contribution in [-0.2, 0) is 16.1 Å². The molecule has 5 rings (SSSR count). The lowest BCUT2D eigenvalue weighted by molar-refractivity contribution is -0.124. The average Bonchev–Trinajstić information content (AvgIpc) is 3.77. The number of carbonyl (C=O) groups excluding carboxylic acids is 3. The van der Waals surface area contributed by atoms with E-state index >= 15 is 0 Å². The van der Waals surface area contributed by atoms with Gasteiger partial charge in [0.15, 0.2) is 0 Å². The van der Waals surface area contributed by atoms with Gasteiger partial charge in [-0.05, 0) is 74.4 Å². The number of rotatable bonds is 8. The fourth-order valence-electron chi connectivity index (χ4n) is 4.11. The van der Waals surface area contributed by atoms with Gasteiger partial charge >= 0.3 is 0 Å². The molecule has 3 fully saturated rings. The van der Waals surface area contributed by atoms with E-state index in [1.54, 1.807) is 24.3 Å². The molecular formula is C26H29N3O4. The maximum Gasteiger partial charge on any atom is 0.254 e. The van der Waals surface area contributed by atoms with Crippen molar-refractivity contribution < 1.29 is 19.1 Å². The molecule has 2 aliphatic carbocycles. The summed E-state index contributed by atoms with van der Waals surface area (Å²) in [5.41, 5.74) is 2.78. The van der Waals surface area contributed by atoms with E-state index in [1.807, 2.05) is 29.2 Å². The first-order valence-corrected chi connectivity index (χ1v) is 11.8. The second-order valence-corrected chi connectivity index (χ2v) is 9.18. The minimum atomic E-state index is -0.415. The molecule has 33 heavy (non-hydrogen) atoms. The molecule has 3 amide bonds.